The largest absolute Gasteiger partial charge is 0.344 e. The highest BCUT2D eigenvalue weighted by molar-refractivity contribution is 9.10. The summed E-state index contributed by atoms with van der Waals surface area (Å²) in [6.07, 6.45) is 2.75. The van der Waals surface area contributed by atoms with Gasteiger partial charge in [-0.2, -0.15) is 10.2 Å². The van der Waals surface area contributed by atoms with Crippen molar-refractivity contribution in [3.8, 4) is 33.9 Å². The number of benzene rings is 6. The lowest BCUT2D eigenvalue weighted by atomic mass is 10.1. The molecule has 4 heterocycles. The average Bonchev–Trinajstić information content (AvgIpc) is 4.15. The summed E-state index contributed by atoms with van der Waals surface area (Å²) in [5, 5.41) is 9.41. The van der Waals surface area contributed by atoms with Crippen molar-refractivity contribution in [1.29, 1.82) is 0 Å². The number of aryl methyl sites for hydroxylation is 2. The molecule has 0 aliphatic carbocycles. The van der Waals surface area contributed by atoms with Crippen molar-refractivity contribution in [1.82, 2.24) is 29.4 Å². The summed E-state index contributed by atoms with van der Waals surface area (Å²) in [4.78, 5) is 28.6. The average molecular weight is 1020 g/mol. The summed E-state index contributed by atoms with van der Waals surface area (Å²) in [7, 11) is 0. The molecule has 8 aromatic rings. The van der Waals surface area contributed by atoms with Crippen molar-refractivity contribution in [3.63, 3.8) is 0 Å². The molecule has 0 radical (unpaired) electrons. The molecule has 2 unspecified atom stereocenters. The molecule has 2 aromatic heterocycles. The first-order valence-electron chi connectivity index (χ1n) is 22.3. The number of carbonyl (C=O) groups excluding carboxylic acids is 2. The van der Waals surface area contributed by atoms with Crippen LogP contribution in [0.2, 0.25) is 0 Å². The Labute approximate surface area is 408 Å². The summed E-state index contributed by atoms with van der Waals surface area (Å²) in [5.74, 6) is -2.11. The van der Waals surface area contributed by atoms with Gasteiger partial charge >= 0.3 is 0 Å². The molecule has 356 valence electrons. The van der Waals surface area contributed by atoms with Gasteiger partial charge in [0.15, 0.2) is 12.5 Å². The van der Waals surface area contributed by atoms with Crippen molar-refractivity contribution in [2.45, 2.75) is 39.1 Å². The molecule has 10 rings (SSSR count). The summed E-state index contributed by atoms with van der Waals surface area (Å²) in [6, 6.07) is 35.5. The number of rotatable bonds is 12. The fourth-order valence-corrected chi connectivity index (χ4v) is 8.62. The molecule has 10 nitrogen and oxygen atoms in total. The molecular weight excluding hydrogens is 972 g/mol. The lowest BCUT2D eigenvalue weighted by Crippen LogP contribution is -2.31. The third-order valence-corrected chi connectivity index (χ3v) is 12.6. The first-order chi connectivity index (χ1) is 33.8. The Morgan fingerprint density at radius 1 is 0.529 bits per heavy atom. The van der Waals surface area contributed by atoms with E-state index >= 15 is 0 Å². The van der Waals surface area contributed by atoms with Crippen LogP contribution in [0, 0.1) is 42.9 Å². The van der Waals surface area contributed by atoms with E-state index in [0.29, 0.717) is 63.3 Å². The van der Waals surface area contributed by atoms with Gasteiger partial charge in [-0.25, -0.2) is 31.3 Å². The maximum absolute atomic E-state index is 14.4. The van der Waals surface area contributed by atoms with Crippen LogP contribution in [0.15, 0.2) is 150 Å². The molecule has 2 amide bonds. The van der Waals surface area contributed by atoms with Gasteiger partial charge < -0.3 is 19.3 Å². The van der Waals surface area contributed by atoms with Gasteiger partial charge in [-0.15, -0.1) is 0 Å². The van der Waals surface area contributed by atoms with Gasteiger partial charge in [0.05, 0.1) is 11.4 Å². The highest BCUT2D eigenvalue weighted by Gasteiger charge is 2.38. The minimum absolute atomic E-state index is 0.0760. The van der Waals surface area contributed by atoms with Gasteiger partial charge in [0, 0.05) is 52.2 Å². The van der Waals surface area contributed by atoms with E-state index in [-0.39, 0.29) is 67.2 Å². The minimum Gasteiger partial charge on any atom is -0.344 e. The van der Waals surface area contributed by atoms with Crippen LogP contribution in [0.4, 0.5) is 22.0 Å². The minimum atomic E-state index is -0.759. The monoisotopic (exact) mass is 1010 g/mol. The molecule has 0 N–H and O–H groups in total. The number of ether oxygens (including phenoxy) is 2. The zero-order valence-corrected chi connectivity index (χ0v) is 39.4. The van der Waals surface area contributed by atoms with Gasteiger partial charge in [-0.1, -0.05) is 40.2 Å². The van der Waals surface area contributed by atoms with E-state index in [1.807, 2.05) is 56.4 Å². The zero-order chi connectivity index (χ0) is 49.1. The summed E-state index contributed by atoms with van der Waals surface area (Å²) < 4.78 is 85.4. The number of aromatic nitrogens is 4. The first-order valence-corrected chi connectivity index (χ1v) is 23.1. The van der Waals surface area contributed by atoms with Gasteiger partial charge in [0.1, 0.15) is 53.7 Å². The van der Waals surface area contributed by atoms with Crippen LogP contribution < -0.4 is 0 Å². The smallest absolute Gasteiger partial charge is 0.250 e. The van der Waals surface area contributed by atoms with Gasteiger partial charge in [0.2, 0.25) is 0 Å². The molecule has 2 atom stereocenters. The molecule has 0 spiro atoms. The SMILES string of the molecule is Cc1ccc(CCN2C(=O)COC2c2cn(-c3ccc(Br)cc3)nc2-c2ccc(F)cc2)c(F)c1.Cc1ccc(CCN2C(=O)COC2c2cn(-c3ccc(F)cc3)nc2-c2ccc(F)cc2)c(F)c1. The molecule has 2 aliphatic rings. The van der Waals surface area contributed by atoms with Crippen LogP contribution in [0.5, 0.6) is 0 Å². The first kappa shape index (κ1) is 47.8. The van der Waals surface area contributed by atoms with Crippen molar-refractivity contribution in [3.05, 3.63) is 213 Å². The van der Waals surface area contributed by atoms with Crippen LogP contribution in [-0.2, 0) is 31.9 Å². The Balaban J connectivity index is 0.000000174. The number of halogens is 6. The molecule has 70 heavy (non-hydrogen) atoms. The number of amides is 2. The van der Waals surface area contributed by atoms with Crippen LogP contribution in [0.1, 0.15) is 45.8 Å². The fourth-order valence-electron chi connectivity index (χ4n) is 8.35. The third kappa shape index (κ3) is 10.6. The van der Waals surface area contributed by atoms with Crippen LogP contribution in [0.25, 0.3) is 33.9 Å². The van der Waals surface area contributed by atoms with E-state index in [9.17, 15) is 31.5 Å². The maximum atomic E-state index is 14.4. The fraction of sp³-hybridized carbons (Fsp3) is 0.185. The van der Waals surface area contributed by atoms with Crippen LogP contribution in [-0.4, -0.2) is 67.5 Å². The summed E-state index contributed by atoms with van der Waals surface area (Å²) in [6.45, 7) is 3.99. The quantitative estimate of drug-likeness (QED) is 0.113. The van der Waals surface area contributed by atoms with Crippen molar-refractivity contribution in [2.24, 2.45) is 0 Å². The van der Waals surface area contributed by atoms with E-state index in [1.54, 1.807) is 73.9 Å². The van der Waals surface area contributed by atoms with Crippen molar-refractivity contribution >= 4 is 27.7 Å². The molecule has 16 heteroatoms. The normalized spacial score (nSPS) is 15.7. The highest BCUT2D eigenvalue weighted by atomic mass is 79.9. The van der Waals surface area contributed by atoms with E-state index in [0.717, 1.165) is 21.3 Å². The molecule has 2 fully saturated rings. The number of carbonyl (C=O) groups is 2. The van der Waals surface area contributed by atoms with Gasteiger partial charge in [-0.05, 0) is 158 Å². The zero-order valence-electron chi connectivity index (χ0n) is 37.8. The number of hydrogen-bond acceptors (Lipinski definition) is 6. The predicted octanol–water partition coefficient (Wildman–Crippen LogP) is 11.4. The lowest BCUT2D eigenvalue weighted by molar-refractivity contribution is -0.128. The summed E-state index contributed by atoms with van der Waals surface area (Å²) in [5.41, 5.74) is 7.83. The Kier molecular flexibility index (Phi) is 14.2. The second-order valence-electron chi connectivity index (χ2n) is 16.9. The molecule has 2 saturated heterocycles. The Hall–Kier alpha value is -7.27. The van der Waals surface area contributed by atoms with Crippen LogP contribution >= 0.6 is 15.9 Å². The molecule has 2 aliphatic heterocycles. The van der Waals surface area contributed by atoms with E-state index in [2.05, 4.69) is 21.0 Å². The highest BCUT2D eigenvalue weighted by Crippen LogP contribution is 2.37. The third-order valence-electron chi connectivity index (χ3n) is 12.0. The molecule has 0 bridgehead atoms. The van der Waals surface area contributed by atoms with Crippen molar-refractivity contribution in [2.75, 3.05) is 26.3 Å². The molecule has 6 aromatic carbocycles. The summed E-state index contributed by atoms with van der Waals surface area (Å²) >= 11 is 3.44. The van der Waals surface area contributed by atoms with Gasteiger partial charge in [-0.3, -0.25) is 9.59 Å². The number of hydrogen-bond donors (Lipinski definition) is 0. The lowest BCUT2D eigenvalue weighted by Gasteiger charge is -2.23. The Morgan fingerprint density at radius 3 is 1.29 bits per heavy atom. The molecule has 0 saturated carbocycles. The Bertz CT molecular complexity index is 2950. The van der Waals surface area contributed by atoms with E-state index in [1.165, 1.54) is 48.5 Å². The second-order valence-corrected chi connectivity index (χ2v) is 17.8. The number of nitrogens with zero attached hydrogens (tertiary/aromatic N) is 6. The van der Waals surface area contributed by atoms with Gasteiger partial charge in [0.25, 0.3) is 11.8 Å². The topological polar surface area (TPSA) is 94.7 Å². The Morgan fingerprint density at radius 2 is 0.900 bits per heavy atom. The van der Waals surface area contributed by atoms with E-state index < -0.39 is 12.5 Å². The van der Waals surface area contributed by atoms with E-state index in [4.69, 9.17) is 14.6 Å². The predicted molar refractivity (Wildman–Crippen MR) is 256 cm³/mol. The standard InChI is InChI=1S/C27H22BrF2N3O2.C27H22F3N3O2/c1-17-2-3-18(24(30)14-17)12-13-32-25(34)16-35-27(32)23-15-33(22-10-6-20(28)7-11-22)31-26(23)19-4-8-21(29)9-5-19;1-17-2-3-18(24(30)14-17)12-13-32-25(34)16-35-27(32)23-15-33(22-10-8-21(29)9-11-22)31-26(23)19-4-6-20(28)7-5-19/h2*2-11,14-15,27H,12-13,16H2,1H3. The molecular formula is C54H44BrF5N6O4. The van der Waals surface area contributed by atoms with Crippen molar-refractivity contribution < 1.29 is 41.0 Å². The van der Waals surface area contributed by atoms with Crippen LogP contribution in [0.3, 0.4) is 0 Å². The second kappa shape index (κ2) is 20.8. The maximum Gasteiger partial charge on any atom is 0.250 e.